The summed E-state index contributed by atoms with van der Waals surface area (Å²) in [5.74, 6) is 0.511. The van der Waals surface area contributed by atoms with Crippen LogP contribution in [-0.4, -0.2) is 35.3 Å². The quantitative estimate of drug-likeness (QED) is 0.334. The fourth-order valence-corrected chi connectivity index (χ4v) is 4.51. The summed E-state index contributed by atoms with van der Waals surface area (Å²) in [7, 11) is -3.32. The molecule has 0 atom stereocenters. The van der Waals surface area contributed by atoms with Crippen molar-refractivity contribution in [2.24, 2.45) is 0 Å². The summed E-state index contributed by atoms with van der Waals surface area (Å²) in [6.45, 7) is 7.32. The first-order chi connectivity index (χ1) is 16.4. The Balaban J connectivity index is 1.53. The fourth-order valence-electron chi connectivity index (χ4n) is 3.45. The molecule has 0 spiro atoms. The number of rotatable bonds is 9. The van der Waals surface area contributed by atoms with Crippen LogP contribution in [0.2, 0.25) is 0 Å². The van der Waals surface area contributed by atoms with Gasteiger partial charge in [-0.2, -0.15) is 0 Å². The molecule has 1 N–H and O–H groups in total. The van der Waals surface area contributed by atoms with Gasteiger partial charge in [-0.1, -0.05) is 48.5 Å². The smallest absolute Gasteiger partial charge is 0.187 e. The Kier molecular flexibility index (Phi) is 7.19. The van der Waals surface area contributed by atoms with Crippen molar-refractivity contribution in [3.63, 3.8) is 0 Å². The zero-order chi connectivity index (χ0) is 24.1. The van der Waals surface area contributed by atoms with Crippen LogP contribution in [0, 0.1) is 0 Å². The first-order valence-electron chi connectivity index (χ1n) is 11.3. The van der Waals surface area contributed by atoms with Crippen LogP contribution in [0.1, 0.15) is 32.8 Å². The average Bonchev–Trinajstić information content (AvgIpc) is 3.35. The molecule has 0 bridgehead atoms. The van der Waals surface area contributed by atoms with Crippen molar-refractivity contribution in [3.05, 3.63) is 72.6 Å². The first-order valence-corrected chi connectivity index (χ1v) is 12.9. The molecule has 0 amide bonds. The molecule has 4 aromatic rings. The van der Waals surface area contributed by atoms with Gasteiger partial charge in [0.25, 0.3) is 0 Å². The Bertz CT molecular complexity index is 1350. The van der Waals surface area contributed by atoms with E-state index in [1.807, 2.05) is 18.2 Å². The lowest BCUT2D eigenvalue weighted by molar-refractivity contribution is 0.433. The molecule has 0 unspecified atom stereocenters. The molecule has 4 rings (SSSR count). The van der Waals surface area contributed by atoms with E-state index in [2.05, 4.69) is 39.5 Å². The van der Waals surface area contributed by atoms with Gasteiger partial charge < -0.3 is 9.84 Å². The van der Waals surface area contributed by atoms with E-state index in [9.17, 15) is 8.42 Å². The van der Waals surface area contributed by atoms with Crippen LogP contribution in [0.3, 0.4) is 0 Å². The van der Waals surface area contributed by atoms with E-state index in [-0.39, 0.29) is 0 Å². The molecule has 0 fully saturated rings. The van der Waals surface area contributed by atoms with Crippen molar-refractivity contribution in [2.75, 3.05) is 6.54 Å². The third kappa shape index (κ3) is 5.24. The van der Waals surface area contributed by atoms with Crippen LogP contribution in [-0.2, 0) is 16.4 Å². The largest absolute Gasteiger partial charge is 0.354 e. The maximum atomic E-state index is 12.4. The fraction of sp³-hybridized carbons (Fsp3) is 0.269. The zero-order valence-corrected chi connectivity index (χ0v) is 20.3. The third-order valence-electron chi connectivity index (χ3n) is 5.50. The highest BCUT2D eigenvalue weighted by molar-refractivity contribution is 7.92. The molecule has 0 aliphatic heterocycles. The summed E-state index contributed by atoms with van der Waals surface area (Å²) in [5, 5.41) is 7.12. The predicted molar refractivity (Wildman–Crippen MR) is 133 cm³/mol. The van der Waals surface area contributed by atoms with Gasteiger partial charge in [-0.25, -0.2) is 13.4 Å². The molecule has 2 aromatic heterocycles. The van der Waals surface area contributed by atoms with Crippen LogP contribution in [0.25, 0.3) is 34.0 Å². The average molecular weight is 477 g/mol. The Labute approximate surface area is 200 Å². The number of nitrogens with one attached hydrogen (secondary N) is 1. The normalized spacial score (nSPS) is 11.8. The molecule has 0 aliphatic rings. The number of sulfone groups is 1. The van der Waals surface area contributed by atoms with Crippen molar-refractivity contribution >= 4 is 9.84 Å². The lowest BCUT2D eigenvalue weighted by atomic mass is 10.1. The summed E-state index contributed by atoms with van der Waals surface area (Å²) < 4.78 is 30.3. The van der Waals surface area contributed by atoms with Crippen molar-refractivity contribution in [3.8, 4) is 34.0 Å². The van der Waals surface area contributed by atoms with Crippen LogP contribution in [0.4, 0.5) is 0 Å². The number of hydrogen-bond acceptors (Lipinski definition) is 7. The molecule has 8 heteroatoms. The van der Waals surface area contributed by atoms with E-state index in [0.717, 1.165) is 36.3 Å². The summed E-state index contributed by atoms with van der Waals surface area (Å²) in [6.07, 6.45) is 4.36. The Morgan fingerprint density at radius 2 is 1.56 bits per heavy atom. The molecule has 176 valence electrons. The van der Waals surface area contributed by atoms with Gasteiger partial charge in [0.15, 0.2) is 15.6 Å². The minimum absolute atomic E-state index is 0.294. The van der Waals surface area contributed by atoms with Crippen LogP contribution in [0.15, 0.2) is 76.4 Å². The Morgan fingerprint density at radius 3 is 2.24 bits per heavy atom. The lowest BCUT2D eigenvalue weighted by Gasteiger charge is -2.08. The predicted octanol–water partition coefficient (Wildman–Crippen LogP) is 5.15. The molecule has 0 saturated carbocycles. The third-order valence-corrected chi connectivity index (χ3v) is 7.67. The van der Waals surface area contributed by atoms with E-state index in [1.54, 1.807) is 50.5 Å². The molecule has 7 nitrogen and oxygen atoms in total. The van der Waals surface area contributed by atoms with Crippen LogP contribution >= 0.6 is 0 Å². The molecule has 2 heterocycles. The van der Waals surface area contributed by atoms with E-state index >= 15 is 0 Å². The van der Waals surface area contributed by atoms with Gasteiger partial charge in [0.1, 0.15) is 11.4 Å². The van der Waals surface area contributed by atoms with E-state index in [0.29, 0.717) is 22.0 Å². The first kappa shape index (κ1) is 23.8. The van der Waals surface area contributed by atoms with Gasteiger partial charge in [-0.05, 0) is 44.5 Å². The zero-order valence-electron chi connectivity index (χ0n) is 19.5. The van der Waals surface area contributed by atoms with E-state index in [1.165, 1.54) is 5.56 Å². The molecule has 0 aliphatic carbocycles. The van der Waals surface area contributed by atoms with Crippen molar-refractivity contribution in [1.29, 1.82) is 0 Å². The lowest BCUT2D eigenvalue weighted by Crippen LogP contribution is -2.13. The van der Waals surface area contributed by atoms with E-state index < -0.39 is 15.1 Å². The van der Waals surface area contributed by atoms with Crippen LogP contribution in [0.5, 0.6) is 0 Å². The van der Waals surface area contributed by atoms with Gasteiger partial charge in [0, 0.05) is 23.7 Å². The topological polar surface area (TPSA) is 98.0 Å². The summed E-state index contributed by atoms with van der Waals surface area (Å²) in [4.78, 5) is 9.23. The maximum absolute atomic E-state index is 12.4. The van der Waals surface area contributed by atoms with Gasteiger partial charge in [0.2, 0.25) is 0 Å². The standard InChI is InChI=1S/C26H28N4O3S/c1-4-13-27-15-19-5-7-20(8-6-19)23-14-26(33-30-23)25-17-28-16-24(29-25)21-9-11-22(12-10-21)34(31,32)18(2)3/h5-12,14,16-18,27H,4,13,15H2,1-3H3. The molecule has 34 heavy (non-hydrogen) atoms. The molecular formula is C26H28N4O3S. The summed E-state index contributed by atoms with van der Waals surface area (Å²) in [6, 6.07) is 16.7. The summed E-state index contributed by atoms with van der Waals surface area (Å²) in [5.41, 5.74) is 4.83. The number of benzene rings is 2. The molecule has 2 aromatic carbocycles. The highest BCUT2D eigenvalue weighted by atomic mass is 32.2. The number of nitrogens with zero attached hydrogens (tertiary/aromatic N) is 3. The summed E-state index contributed by atoms with van der Waals surface area (Å²) >= 11 is 0. The number of aromatic nitrogens is 3. The number of hydrogen-bond donors (Lipinski definition) is 1. The van der Waals surface area contributed by atoms with Crippen molar-refractivity contribution < 1.29 is 12.9 Å². The minimum atomic E-state index is -3.32. The van der Waals surface area contributed by atoms with Gasteiger partial charge >= 0.3 is 0 Å². The second kappa shape index (κ2) is 10.3. The van der Waals surface area contributed by atoms with Crippen molar-refractivity contribution in [2.45, 2.75) is 43.9 Å². The SMILES string of the molecule is CCCNCc1ccc(-c2cc(-c3cncc(-c4ccc(S(=O)(=O)C(C)C)cc4)n3)on2)cc1. The Hall–Kier alpha value is -3.36. The van der Waals surface area contributed by atoms with Crippen LogP contribution < -0.4 is 5.32 Å². The van der Waals surface area contributed by atoms with Gasteiger partial charge in [0.05, 0.1) is 28.2 Å². The van der Waals surface area contributed by atoms with Crippen molar-refractivity contribution in [1.82, 2.24) is 20.4 Å². The highest BCUT2D eigenvalue weighted by Gasteiger charge is 2.19. The maximum Gasteiger partial charge on any atom is 0.187 e. The second-order valence-electron chi connectivity index (χ2n) is 8.36. The van der Waals surface area contributed by atoms with Gasteiger partial charge in [-0.15, -0.1) is 0 Å². The molecule has 0 radical (unpaired) electrons. The molecular weight excluding hydrogens is 448 g/mol. The molecule has 0 saturated heterocycles. The second-order valence-corrected chi connectivity index (χ2v) is 10.9. The van der Waals surface area contributed by atoms with E-state index in [4.69, 9.17) is 4.52 Å². The monoisotopic (exact) mass is 476 g/mol. The highest BCUT2D eigenvalue weighted by Crippen LogP contribution is 2.27. The van der Waals surface area contributed by atoms with Gasteiger partial charge in [-0.3, -0.25) is 4.98 Å². The Morgan fingerprint density at radius 1 is 0.912 bits per heavy atom. The minimum Gasteiger partial charge on any atom is -0.354 e.